The number of hydrogen-bond acceptors (Lipinski definition) is 3. The van der Waals surface area contributed by atoms with Gasteiger partial charge in [0.1, 0.15) is 0 Å². The fourth-order valence-electron chi connectivity index (χ4n) is 0.573. The van der Waals surface area contributed by atoms with Crippen molar-refractivity contribution in [1.29, 1.82) is 0 Å². The van der Waals surface area contributed by atoms with Crippen LogP contribution in [0.2, 0.25) is 0 Å². The summed E-state index contributed by atoms with van der Waals surface area (Å²) in [6.07, 6.45) is 0.0575. The van der Waals surface area contributed by atoms with E-state index in [1.165, 1.54) is 0 Å². The number of primary amides is 1. The third-order valence-corrected chi connectivity index (χ3v) is 1.41. The number of methoxy groups -OCH3 is 1. The predicted octanol–water partition coefficient (Wildman–Crippen LogP) is -0.776. The summed E-state index contributed by atoms with van der Waals surface area (Å²) in [5, 5.41) is 0. The summed E-state index contributed by atoms with van der Waals surface area (Å²) < 4.78 is 4.88. The molecule has 60 valence electrons. The topological polar surface area (TPSA) is 78.3 Å². The van der Waals surface area contributed by atoms with Gasteiger partial charge in [-0.2, -0.15) is 0 Å². The first-order chi connectivity index (χ1) is 4.57. The van der Waals surface area contributed by atoms with Gasteiger partial charge in [-0.3, -0.25) is 4.79 Å². The fourth-order valence-corrected chi connectivity index (χ4v) is 0.573. The quantitative estimate of drug-likeness (QED) is 0.546. The van der Waals surface area contributed by atoms with Crippen LogP contribution in [0.4, 0.5) is 0 Å². The highest BCUT2D eigenvalue weighted by Gasteiger charge is 2.13. The molecule has 0 aliphatic carbocycles. The third kappa shape index (κ3) is 3.42. The molecule has 0 aromatic rings. The summed E-state index contributed by atoms with van der Waals surface area (Å²) in [6.45, 7) is 1.80. The minimum Gasteiger partial charge on any atom is -0.380 e. The van der Waals surface area contributed by atoms with Crippen LogP contribution < -0.4 is 11.5 Å². The lowest BCUT2D eigenvalue weighted by molar-refractivity contribution is -0.118. The standard InChI is InChI=1S/C6H14N2O2/c1-4(10-2)5(7)3-6(8)9/h4-5H,3,7H2,1-2H3,(H2,8,9). The molecule has 0 rings (SSSR count). The molecule has 0 fully saturated rings. The molecule has 2 unspecified atom stereocenters. The van der Waals surface area contributed by atoms with Crippen LogP contribution in [-0.2, 0) is 9.53 Å². The first-order valence-electron chi connectivity index (χ1n) is 3.14. The average molecular weight is 146 g/mol. The molecule has 4 heteroatoms. The van der Waals surface area contributed by atoms with Crippen LogP contribution in [0.5, 0.6) is 0 Å². The highest BCUT2D eigenvalue weighted by Crippen LogP contribution is 1.97. The Balaban J connectivity index is 3.61. The third-order valence-electron chi connectivity index (χ3n) is 1.41. The van der Waals surface area contributed by atoms with Crippen LogP contribution >= 0.6 is 0 Å². The molecule has 0 spiro atoms. The largest absolute Gasteiger partial charge is 0.380 e. The maximum Gasteiger partial charge on any atom is 0.219 e. The van der Waals surface area contributed by atoms with Gasteiger partial charge in [0.15, 0.2) is 0 Å². The lowest BCUT2D eigenvalue weighted by Gasteiger charge is -2.15. The SMILES string of the molecule is COC(C)C(N)CC(N)=O. The molecule has 0 aliphatic heterocycles. The van der Waals surface area contributed by atoms with Gasteiger partial charge in [0.05, 0.1) is 6.10 Å². The molecular weight excluding hydrogens is 132 g/mol. The number of nitrogens with two attached hydrogens (primary N) is 2. The minimum absolute atomic E-state index is 0.118. The second-order valence-corrected chi connectivity index (χ2v) is 2.28. The number of hydrogen-bond donors (Lipinski definition) is 2. The highest BCUT2D eigenvalue weighted by atomic mass is 16.5. The molecule has 4 N–H and O–H groups in total. The molecule has 0 radical (unpaired) electrons. The molecule has 0 aliphatic rings. The van der Waals surface area contributed by atoms with E-state index in [0.29, 0.717) is 0 Å². The van der Waals surface area contributed by atoms with Crippen molar-refractivity contribution in [2.45, 2.75) is 25.5 Å². The Hall–Kier alpha value is -0.610. The minimum atomic E-state index is -0.392. The van der Waals surface area contributed by atoms with Gasteiger partial charge >= 0.3 is 0 Å². The van der Waals surface area contributed by atoms with Gasteiger partial charge in [-0.25, -0.2) is 0 Å². The van der Waals surface area contributed by atoms with E-state index < -0.39 is 5.91 Å². The van der Waals surface area contributed by atoms with Gasteiger partial charge in [0, 0.05) is 19.6 Å². The Labute approximate surface area is 60.5 Å². The summed E-state index contributed by atoms with van der Waals surface area (Å²) >= 11 is 0. The molecule has 0 aromatic heterocycles. The zero-order chi connectivity index (χ0) is 8.15. The molecule has 2 atom stereocenters. The summed E-state index contributed by atoms with van der Waals surface area (Å²) in [6, 6.07) is -0.289. The van der Waals surface area contributed by atoms with Gasteiger partial charge in [-0.05, 0) is 6.92 Å². The Morgan fingerprint density at radius 3 is 2.50 bits per heavy atom. The van der Waals surface area contributed by atoms with E-state index in [-0.39, 0.29) is 18.6 Å². The number of carbonyl (C=O) groups is 1. The average Bonchev–Trinajstić information content (AvgIpc) is 1.85. The van der Waals surface area contributed by atoms with E-state index in [1.807, 2.05) is 0 Å². The summed E-state index contributed by atoms with van der Waals surface area (Å²) in [5.41, 5.74) is 10.4. The number of carbonyl (C=O) groups excluding carboxylic acids is 1. The van der Waals surface area contributed by atoms with Crippen molar-refractivity contribution in [2.24, 2.45) is 11.5 Å². The molecule has 4 nitrogen and oxygen atoms in total. The number of amides is 1. The predicted molar refractivity (Wildman–Crippen MR) is 38.3 cm³/mol. The first kappa shape index (κ1) is 9.39. The summed E-state index contributed by atoms with van der Waals surface area (Å²) in [4.78, 5) is 10.3. The number of rotatable bonds is 4. The second-order valence-electron chi connectivity index (χ2n) is 2.28. The molecule has 0 aromatic carbocycles. The summed E-state index contributed by atoms with van der Waals surface area (Å²) in [7, 11) is 1.55. The smallest absolute Gasteiger partial charge is 0.219 e. The molecule has 0 saturated carbocycles. The maximum absolute atomic E-state index is 10.3. The van der Waals surface area contributed by atoms with Crippen LogP contribution in [0, 0.1) is 0 Å². The van der Waals surface area contributed by atoms with E-state index in [2.05, 4.69) is 0 Å². The van der Waals surface area contributed by atoms with Crippen molar-refractivity contribution in [1.82, 2.24) is 0 Å². The Kier molecular flexibility index (Phi) is 3.99. The zero-order valence-corrected chi connectivity index (χ0v) is 6.33. The second kappa shape index (κ2) is 4.24. The van der Waals surface area contributed by atoms with Crippen molar-refractivity contribution in [2.75, 3.05) is 7.11 Å². The molecule has 0 saturated heterocycles. The molecule has 1 amide bonds. The molecule has 10 heavy (non-hydrogen) atoms. The lowest BCUT2D eigenvalue weighted by atomic mass is 10.1. The van der Waals surface area contributed by atoms with Crippen molar-refractivity contribution in [3.05, 3.63) is 0 Å². The van der Waals surface area contributed by atoms with Gasteiger partial charge in [-0.15, -0.1) is 0 Å². The van der Waals surface area contributed by atoms with Gasteiger partial charge < -0.3 is 16.2 Å². The van der Waals surface area contributed by atoms with Gasteiger partial charge in [0.25, 0.3) is 0 Å². The van der Waals surface area contributed by atoms with Crippen LogP contribution in [0.3, 0.4) is 0 Å². The van der Waals surface area contributed by atoms with Gasteiger partial charge in [0.2, 0.25) is 5.91 Å². The van der Waals surface area contributed by atoms with Crippen LogP contribution in [-0.4, -0.2) is 25.2 Å². The van der Waals surface area contributed by atoms with Crippen LogP contribution in [0.15, 0.2) is 0 Å². The van der Waals surface area contributed by atoms with Crippen molar-refractivity contribution < 1.29 is 9.53 Å². The Bertz CT molecular complexity index is 116. The zero-order valence-electron chi connectivity index (χ0n) is 6.33. The van der Waals surface area contributed by atoms with Crippen LogP contribution in [0.1, 0.15) is 13.3 Å². The van der Waals surface area contributed by atoms with E-state index in [4.69, 9.17) is 16.2 Å². The van der Waals surface area contributed by atoms with Crippen molar-refractivity contribution in [3.8, 4) is 0 Å². The monoisotopic (exact) mass is 146 g/mol. The summed E-state index contributed by atoms with van der Waals surface area (Å²) in [5.74, 6) is -0.392. The normalized spacial score (nSPS) is 16.3. The van der Waals surface area contributed by atoms with E-state index in [9.17, 15) is 4.79 Å². The fraction of sp³-hybridized carbons (Fsp3) is 0.833. The van der Waals surface area contributed by atoms with E-state index >= 15 is 0 Å². The molecule has 0 bridgehead atoms. The highest BCUT2D eigenvalue weighted by molar-refractivity contribution is 5.74. The Morgan fingerprint density at radius 2 is 2.20 bits per heavy atom. The Morgan fingerprint density at radius 1 is 1.70 bits per heavy atom. The lowest BCUT2D eigenvalue weighted by Crippen LogP contribution is -2.37. The maximum atomic E-state index is 10.3. The van der Waals surface area contributed by atoms with E-state index in [1.54, 1.807) is 14.0 Å². The van der Waals surface area contributed by atoms with Crippen molar-refractivity contribution in [3.63, 3.8) is 0 Å². The van der Waals surface area contributed by atoms with Crippen molar-refractivity contribution >= 4 is 5.91 Å². The molecule has 0 heterocycles. The van der Waals surface area contributed by atoms with E-state index in [0.717, 1.165) is 0 Å². The number of ether oxygens (including phenoxy) is 1. The molecular formula is C6H14N2O2. The van der Waals surface area contributed by atoms with Gasteiger partial charge in [-0.1, -0.05) is 0 Å². The van der Waals surface area contributed by atoms with Crippen LogP contribution in [0.25, 0.3) is 0 Å². The first-order valence-corrected chi connectivity index (χ1v) is 3.14.